The quantitative estimate of drug-likeness (QED) is 0.742. The largest absolute Gasteiger partial charge is 0.444 e. The Morgan fingerprint density at radius 3 is 2.57 bits per heavy atom. The predicted octanol–water partition coefficient (Wildman–Crippen LogP) is 3.36. The van der Waals surface area contributed by atoms with Crippen LogP contribution in [0.2, 0.25) is 0 Å². The van der Waals surface area contributed by atoms with E-state index in [1.165, 1.54) is 6.08 Å². The molecule has 3 unspecified atom stereocenters. The standard InChI is InChI=1S/C16H24F2N2O3/c1-6-12(9-19)11(2)22-13-7-8-20(10-16(13,17)18)14(21)23-15(3,4)5/h6,11-13H,1,7-8,10H2,2-5H3. The molecule has 0 aliphatic carbocycles. The lowest BCUT2D eigenvalue weighted by Crippen LogP contribution is -2.55. The van der Waals surface area contributed by atoms with E-state index in [2.05, 4.69) is 6.58 Å². The van der Waals surface area contributed by atoms with Gasteiger partial charge in [-0.25, -0.2) is 13.6 Å². The Hall–Kier alpha value is -1.68. The number of hydrogen-bond acceptors (Lipinski definition) is 4. The molecule has 7 heteroatoms. The monoisotopic (exact) mass is 330 g/mol. The van der Waals surface area contributed by atoms with Crippen molar-refractivity contribution in [2.75, 3.05) is 13.1 Å². The fourth-order valence-electron chi connectivity index (χ4n) is 2.26. The number of hydrogen-bond donors (Lipinski definition) is 0. The van der Waals surface area contributed by atoms with Gasteiger partial charge in [-0.1, -0.05) is 6.08 Å². The molecule has 0 spiro atoms. The van der Waals surface area contributed by atoms with Gasteiger partial charge in [0.25, 0.3) is 5.92 Å². The first kappa shape index (κ1) is 19.4. The molecule has 1 aliphatic rings. The maximum Gasteiger partial charge on any atom is 0.410 e. The molecule has 0 aromatic heterocycles. The van der Waals surface area contributed by atoms with Crippen LogP contribution in [-0.4, -0.2) is 47.8 Å². The van der Waals surface area contributed by atoms with Gasteiger partial charge in [-0.2, -0.15) is 5.26 Å². The van der Waals surface area contributed by atoms with Crippen LogP contribution in [0.5, 0.6) is 0 Å². The number of nitrogens with zero attached hydrogens (tertiary/aromatic N) is 2. The molecule has 0 N–H and O–H groups in total. The Morgan fingerprint density at radius 1 is 1.52 bits per heavy atom. The van der Waals surface area contributed by atoms with Crippen molar-refractivity contribution in [2.45, 2.75) is 57.8 Å². The van der Waals surface area contributed by atoms with E-state index in [0.717, 1.165) is 4.90 Å². The van der Waals surface area contributed by atoms with Crippen molar-refractivity contribution in [3.05, 3.63) is 12.7 Å². The van der Waals surface area contributed by atoms with Gasteiger partial charge in [-0.3, -0.25) is 0 Å². The van der Waals surface area contributed by atoms with E-state index in [-0.39, 0.29) is 13.0 Å². The first-order valence-electron chi connectivity index (χ1n) is 7.53. The zero-order valence-corrected chi connectivity index (χ0v) is 14.0. The Bertz CT molecular complexity index is 483. The van der Waals surface area contributed by atoms with E-state index in [1.807, 2.05) is 6.07 Å². The summed E-state index contributed by atoms with van der Waals surface area (Å²) in [5.41, 5.74) is -0.738. The number of nitriles is 1. The molecule has 1 aliphatic heterocycles. The smallest absolute Gasteiger partial charge is 0.410 e. The zero-order valence-electron chi connectivity index (χ0n) is 14.0. The second-order valence-corrected chi connectivity index (χ2v) is 6.67. The number of alkyl halides is 2. The van der Waals surface area contributed by atoms with Gasteiger partial charge in [0.2, 0.25) is 0 Å². The fraction of sp³-hybridized carbons (Fsp3) is 0.750. The molecule has 0 aromatic rings. The summed E-state index contributed by atoms with van der Waals surface area (Å²) < 4.78 is 39.0. The van der Waals surface area contributed by atoms with Crippen LogP contribution in [-0.2, 0) is 9.47 Å². The number of likely N-dealkylation sites (tertiary alicyclic amines) is 1. The van der Waals surface area contributed by atoms with Gasteiger partial charge >= 0.3 is 6.09 Å². The van der Waals surface area contributed by atoms with E-state index in [4.69, 9.17) is 14.7 Å². The van der Waals surface area contributed by atoms with Crippen LogP contribution in [0.3, 0.4) is 0 Å². The van der Waals surface area contributed by atoms with Crippen LogP contribution < -0.4 is 0 Å². The summed E-state index contributed by atoms with van der Waals surface area (Å²) in [7, 11) is 0. The SMILES string of the molecule is C=CC(C#N)C(C)OC1CCN(C(=O)OC(C)(C)C)CC1(F)F. The summed E-state index contributed by atoms with van der Waals surface area (Å²) in [6.07, 6.45) is -1.44. The van der Waals surface area contributed by atoms with E-state index in [9.17, 15) is 13.6 Å². The molecule has 0 radical (unpaired) electrons. The minimum absolute atomic E-state index is 0.0220. The van der Waals surface area contributed by atoms with Crippen LogP contribution in [0.1, 0.15) is 34.1 Å². The van der Waals surface area contributed by atoms with Crippen LogP contribution in [0, 0.1) is 17.2 Å². The number of halogens is 2. The van der Waals surface area contributed by atoms with Crippen molar-refractivity contribution in [3.8, 4) is 6.07 Å². The number of rotatable bonds is 4. The molecule has 1 saturated heterocycles. The van der Waals surface area contributed by atoms with E-state index >= 15 is 0 Å². The van der Waals surface area contributed by atoms with Crippen molar-refractivity contribution >= 4 is 6.09 Å². The number of piperidine rings is 1. The fourth-order valence-corrected chi connectivity index (χ4v) is 2.26. The van der Waals surface area contributed by atoms with Crippen LogP contribution in [0.15, 0.2) is 12.7 Å². The highest BCUT2D eigenvalue weighted by Crippen LogP contribution is 2.32. The van der Waals surface area contributed by atoms with Gasteiger partial charge in [0.1, 0.15) is 11.7 Å². The lowest BCUT2D eigenvalue weighted by Gasteiger charge is -2.39. The van der Waals surface area contributed by atoms with Gasteiger partial charge in [0, 0.05) is 6.54 Å². The number of amides is 1. The molecule has 0 saturated carbocycles. The average molecular weight is 330 g/mol. The molecule has 1 heterocycles. The molecule has 3 atom stereocenters. The summed E-state index contributed by atoms with van der Waals surface area (Å²) >= 11 is 0. The number of carbonyl (C=O) groups excluding carboxylic acids is 1. The molecule has 5 nitrogen and oxygen atoms in total. The summed E-state index contributed by atoms with van der Waals surface area (Å²) in [4.78, 5) is 12.9. The highest BCUT2D eigenvalue weighted by molar-refractivity contribution is 5.68. The highest BCUT2D eigenvalue weighted by Gasteiger charge is 2.48. The first-order chi connectivity index (χ1) is 10.5. The molecular weight excluding hydrogens is 306 g/mol. The molecule has 1 fully saturated rings. The van der Waals surface area contributed by atoms with Gasteiger partial charge in [-0.15, -0.1) is 6.58 Å². The van der Waals surface area contributed by atoms with E-state index in [0.29, 0.717) is 0 Å². The van der Waals surface area contributed by atoms with Gasteiger partial charge in [0.05, 0.1) is 24.6 Å². The topological polar surface area (TPSA) is 62.6 Å². The average Bonchev–Trinajstić information content (AvgIpc) is 2.40. The Balaban J connectivity index is 2.69. The van der Waals surface area contributed by atoms with Gasteiger partial charge < -0.3 is 14.4 Å². The van der Waals surface area contributed by atoms with Crippen molar-refractivity contribution in [1.82, 2.24) is 4.90 Å². The summed E-state index contributed by atoms with van der Waals surface area (Å²) in [5, 5.41) is 8.92. The van der Waals surface area contributed by atoms with E-state index in [1.54, 1.807) is 27.7 Å². The zero-order chi connectivity index (χ0) is 17.8. The van der Waals surface area contributed by atoms with Gasteiger partial charge in [0.15, 0.2) is 0 Å². The third kappa shape index (κ3) is 5.47. The Kier molecular flexibility index (Phi) is 6.11. The Labute approximate surface area is 135 Å². The maximum atomic E-state index is 14.3. The molecule has 130 valence electrons. The summed E-state index contributed by atoms with van der Waals surface area (Å²) in [6.45, 7) is 9.45. The van der Waals surface area contributed by atoms with E-state index < -0.39 is 42.3 Å². The molecule has 23 heavy (non-hydrogen) atoms. The molecule has 1 rings (SSSR count). The van der Waals surface area contributed by atoms with Crippen molar-refractivity contribution in [3.63, 3.8) is 0 Å². The number of ether oxygens (including phenoxy) is 2. The van der Waals surface area contributed by atoms with Crippen LogP contribution >= 0.6 is 0 Å². The third-order valence-electron chi connectivity index (χ3n) is 3.47. The molecule has 1 amide bonds. The lowest BCUT2D eigenvalue weighted by atomic mass is 10.0. The third-order valence-corrected chi connectivity index (χ3v) is 3.47. The Morgan fingerprint density at radius 2 is 2.13 bits per heavy atom. The molecular formula is C16H24F2N2O3. The number of carbonyl (C=O) groups is 1. The maximum absolute atomic E-state index is 14.3. The summed E-state index contributed by atoms with van der Waals surface area (Å²) in [5.74, 6) is -3.86. The van der Waals surface area contributed by atoms with Crippen LogP contribution in [0.4, 0.5) is 13.6 Å². The highest BCUT2D eigenvalue weighted by atomic mass is 19.3. The van der Waals surface area contributed by atoms with Gasteiger partial charge in [-0.05, 0) is 34.1 Å². The summed E-state index contributed by atoms with van der Waals surface area (Å²) in [6, 6.07) is 1.95. The van der Waals surface area contributed by atoms with Crippen LogP contribution in [0.25, 0.3) is 0 Å². The van der Waals surface area contributed by atoms with Crippen molar-refractivity contribution in [1.29, 1.82) is 5.26 Å². The predicted molar refractivity (Wildman–Crippen MR) is 81.0 cm³/mol. The molecule has 0 aromatic carbocycles. The van der Waals surface area contributed by atoms with Crippen molar-refractivity contribution < 1.29 is 23.0 Å². The first-order valence-corrected chi connectivity index (χ1v) is 7.53. The second-order valence-electron chi connectivity index (χ2n) is 6.67. The second kappa shape index (κ2) is 7.26. The lowest BCUT2D eigenvalue weighted by molar-refractivity contribution is -0.187. The van der Waals surface area contributed by atoms with Crippen molar-refractivity contribution in [2.24, 2.45) is 5.92 Å². The normalized spacial score (nSPS) is 23.5. The minimum atomic E-state index is -3.20. The molecule has 0 bridgehead atoms. The minimum Gasteiger partial charge on any atom is -0.444 e.